The summed E-state index contributed by atoms with van der Waals surface area (Å²) in [6.45, 7) is 6.94. The molecule has 0 spiro atoms. The number of hydrogen-bond acceptors (Lipinski definition) is 4. The maximum absolute atomic E-state index is 5.67. The van der Waals surface area contributed by atoms with E-state index in [4.69, 9.17) is 22.1 Å². The Morgan fingerprint density at radius 1 is 1.10 bits per heavy atom. The number of aryl methyl sites for hydroxylation is 1. The van der Waals surface area contributed by atoms with Crippen molar-refractivity contribution in [3.63, 3.8) is 0 Å². The second-order valence-electron chi connectivity index (χ2n) is 7.60. The fourth-order valence-electron chi connectivity index (χ4n) is 3.95. The van der Waals surface area contributed by atoms with Crippen LogP contribution in [-0.2, 0) is 13.7 Å². The molecule has 1 aliphatic heterocycles. The van der Waals surface area contributed by atoms with Gasteiger partial charge in [-0.15, -0.1) is 5.10 Å². The minimum atomic E-state index is 0.765. The monoisotopic (exact) mass is 410 g/mol. The van der Waals surface area contributed by atoms with Gasteiger partial charge >= 0.3 is 0 Å². The van der Waals surface area contributed by atoms with Crippen molar-refractivity contribution in [3.05, 3.63) is 58.9 Å². The van der Waals surface area contributed by atoms with E-state index in [0.29, 0.717) is 0 Å². The zero-order valence-corrected chi connectivity index (χ0v) is 18.1. The van der Waals surface area contributed by atoms with Gasteiger partial charge in [-0.2, -0.15) is 4.68 Å². The SMILES string of the molecule is COc1ccccc1N1CC[NH+](Cn2nc(-c3cccc(C)c3)n(C)c2=S)CC1. The molecule has 0 bridgehead atoms. The molecule has 0 unspecified atom stereocenters. The predicted octanol–water partition coefficient (Wildman–Crippen LogP) is 2.30. The minimum absolute atomic E-state index is 0.765. The molecule has 2 aromatic carbocycles. The van der Waals surface area contributed by atoms with Crippen LogP contribution in [0.3, 0.4) is 0 Å². The summed E-state index contributed by atoms with van der Waals surface area (Å²) in [5, 5.41) is 4.84. The molecule has 3 aromatic rings. The molecule has 0 saturated carbocycles. The highest BCUT2D eigenvalue weighted by Gasteiger charge is 2.23. The van der Waals surface area contributed by atoms with Crippen LogP contribution in [0.15, 0.2) is 48.5 Å². The number of hydrogen-bond donors (Lipinski definition) is 1. The van der Waals surface area contributed by atoms with E-state index >= 15 is 0 Å². The molecule has 4 rings (SSSR count). The smallest absolute Gasteiger partial charge is 0.202 e. The Morgan fingerprint density at radius 2 is 1.86 bits per heavy atom. The van der Waals surface area contributed by atoms with E-state index in [1.165, 1.54) is 16.2 Å². The first-order chi connectivity index (χ1) is 14.1. The summed E-state index contributed by atoms with van der Waals surface area (Å²) in [4.78, 5) is 3.89. The molecular weight excluding hydrogens is 382 g/mol. The third-order valence-electron chi connectivity index (χ3n) is 5.59. The van der Waals surface area contributed by atoms with E-state index in [-0.39, 0.29) is 0 Å². The molecule has 2 heterocycles. The highest BCUT2D eigenvalue weighted by Crippen LogP contribution is 2.27. The lowest BCUT2D eigenvalue weighted by Gasteiger charge is -2.34. The summed E-state index contributed by atoms with van der Waals surface area (Å²) in [6, 6.07) is 16.6. The number of nitrogens with zero attached hydrogens (tertiary/aromatic N) is 4. The van der Waals surface area contributed by atoms with Gasteiger partial charge < -0.3 is 19.1 Å². The van der Waals surface area contributed by atoms with Crippen LogP contribution in [0.25, 0.3) is 11.4 Å². The summed E-state index contributed by atoms with van der Waals surface area (Å²) in [5.41, 5.74) is 3.50. The van der Waals surface area contributed by atoms with Gasteiger partial charge in [-0.3, -0.25) is 0 Å². The summed E-state index contributed by atoms with van der Waals surface area (Å²) in [6.07, 6.45) is 0. The Kier molecular flexibility index (Phi) is 5.69. The molecule has 0 atom stereocenters. The van der Waals surface area contributed by atoms with Gasteiger partial charge in [0.15, 0.2) is 12.5 Å². The third kappa shape index (κ3) is 4.06. The standard InChI is InChI=1S/C22H27N5OS/c1-17-7-6-8-18(15-17)21-23-27(22(29)24(21)2)16-25-11-13-26(14-12-25)19-9-4-5-10-20(19)28-3/h4-10,15H,11-14,16H2,1-3H3/p+1. The largest absolute Gasteiger partial charge is 0.495 e. The lowest BCUT2D eigenvalue weighted by atomic mass is 10.1. The van der Waals surface area contributed by atoms with E-state index in [9.17, 15) is 0 Å². The van der Waals surface area contributed by atoms with Gasteiger partial charge in [0.2, 0.25) is 4.77 Å². The Labute approximate surface area is 176 Å². The van der Waals surface area contributed by atoms with Crippen LogP contribution >= 0.6 is 12.2 Å². The van der Waals surface area contributed by atoms with Gasteiger partial charge in [-0.05, 0) is 37.3 Å². The number of anilines is 1. The summed E-state index contributed by atoms with van der Waals surface area (Å²) in [5.74, 6) is 1.86. The van der Waals surface area contributed by atoms with Gasteiger partial charge in [0.1, 0.15) is 5.75 Å². The minimum Gasteiger partial charge on any atom is -0.495 e. The molecule has 0 amide bonds. The van der Waals surface area contributed by atoms with Crippen LogP contribution < -0.4 is 14.5 Å². The number of rotatable bonds is 5. The van der Waals surface area contributed by atoms with Crippen LogP contribution in [-0.4, -0.2) is 47.6 Å². The molecule has 152 valence electrons. The maximum Gasteiger partial charge on any atom is 0.202 e. The lowest BCUT2D eigenvalue weighted by Crippen LogP contribution is -3.14. The first kappa shape index (κ1) is 19.7. The van der Waals surface area contributed by atoms with Crippen molar-refractivity contribution >= 4 is 17.9 Å². The molecule has 1 aromatic heterocycles. The lowest BCUT2D eigenvalue weighted by molar-refractivity contribution is -0.924. The Hall–Kier alpha value is -2.64. The molecule has 6 nitrogen and oxygen atoms in total. The quantitative estimate of drug-likeness (QED) is 0.656. The molecule has 29 heavy (non-hydrogen) atoms. The van der Waals surface area contributed by atoms with Crippen molar-refractivity contribution < 1.29 is 9.64 Å². The number of nitrogens with one attached hydrogen (secondary N) is 1. The number of methoxy groups -OCH3 is 1. The molecule has 1 N–H and O–H groups in total. The fraction of sp³-hybridized carbons (Fsp3) is 0.364. The van der Waals surface area contributed by atoms with Crippen LogP contribution in [0.5, 0.6) is 5.75 Å². The normalized spacial score (nSPS) is 14.9. The number of benzene rings is 2. The summed E-state index contributed by atoms with van der Waals surface area (Å²) < 4.78 is 10.3. The molecule has 1 aliphatic rings. The zero-order valence-electron chi connectivity index (χ0n) is 17.3. The van der Waals surface area contributed by atoms with Gasteiger partial charge in [0, 0.05) is 12.6 Å². The van der Waals surface area contributed by atoms with Crippen LogP contribution in [0.2, 0.25) is 0 Å². The highest BCUT2D eigenvalue weighted by molar-refractivity contribution is 7.71. The van der Waals surface area contributed by atoms with Crippen molar-refractivity contribution in [1.82, 2.24) is 14.3 Å². The highest BCUT2D eigenvalue weighted by atomic mass is 32.1. The molecule has 7 heteroatoms. The topological polar surface area (TPSA) is 39.7 Å². The maximum atomic E-state index is 5.67. The van der Waals surface area contributed by atoms with Gasteiger partial charge in [-0.1, -0.05) is 35.9 Å². The summed E-state index contributed by atoms with van der Waals surface area (Å²) in [7, 11) is 3.73. The first-order valence-electron chi connectivity index (χ1n) is 9.99. The van der Waals surface area contributed by atoms with Crippen molar-refractivity contribution in [3.8, 4) is 17.1 Å². The van der Waals surface area contributed by atoms with E-state index in [1.807, 2.05) is 28.4 Å². The number of quaternary nitrogens is 1. The Balaban J connectivity index is 1.46. The van der Waals surface area contributed by atoms with Crippen LogP contribution in [0, 0.1) is 11.7 Å². The fourth-order valence-corrected chi connectivity index (χ4v) is 4.14. The molecular formula is C22H28N5OS+. The average Bonchev–Trinajstić information content (AvgIpc) is 3.03. The molecule has 0 radical (unpaired) electrons. The van der Waals surface area contributed by atoms with Crippen molar-refractivity contribution in [2.75, 3.05) is 38.2 Å². The van der Waals surface area contributed by atoms with Crippen molar-refractivity contribution in [1.29, 1.82) is 0 Å². The third-order valence-corrected chi connectivity index (χ3v) is 6.07. The second-order valence-corrected chi connectivity index (χ2v) is 7.97. The zero-order chi connectivity index (χ0) is 20.4. The Morgan fingerprint density at radius 3 is 2.59 bits per heavy atom. The molecule has 0 aliphatic carbocycles. The van der Waals surface area contributed by atoms with Gasteiger partial charge in [-0.25, -0.2) is 0 Å². The second kappa shape index (κ2) is 8.39. The average molecular weight is 411 g/mol. The summed E-state index contributed by atoms with van der Waals surface area (Å²) >= 11 is 5.67. The van der Waals surface area contributed by atoms with Gasteiger partial charge in [0.25, 0.3) is 0 Å². The van der Waals surface area contributed by atoms with E-state index in [0.717, 1.165) is 54.8 Å². The Bertz CT molecular complexity index is 1050. The van der Waals surface area contributed by atoms with Gasteiger partial charge in [0.05, 0.1) is 39.0 Å². The van der Waals surface area contributed by atoms with E-state index < -0.39 is 0 Å². The molecule has 1 fully saturated rings. The first-order valence-corrected chi connectivity index (χ1v) is 10.4. The van der Waals surface area contributed by atoms with Crippen LogP contribution in [0.1, 0.15) is 5.56 Å². The van der Waals surface area contributed by atoms with Crippen molar-refractivity contribution in [2.24, 2.45) is 7.05 Å². The van der Waals surface area contributed by atoms with E-state index in [1.54, 1.807) is 7.11 Å². The predicted molar refractivity (Wildman–Crippen MR) is 118 cm³/mol. The van der Waals surface area contributed by atoms with Crippen LogP contribution in [0.4, 0.5) is 5.69 Å². The molecule has 1 saturated heterocycles. The number of ether oxygens (including phenoxy) is 1. The number of para-hydroxylation sites is 2. The van der Waals surface area contributed by atoms with E-state index in [2.05, 4.69) is 48.2 Å². The number of aromatic nitrogens is 3. The van der Waals surface area contributed by atoms with Crippen molar-refractivity contribution in [2.45, 2.75) is 13.6 Å². The number of piperazine rings is 1.